The highest BCUT2D eigenvalue weighted by Gasteiger charge is 2.24. The van der Waals surface area contributed by atoms with Gasteiger partial charge in [-0.15, -0.1) is 0 Å². The van der Waals surface area contributed by atoms with Gasteiger partial charge < -0.3 is 9.47 Å². The van der Waals surface area contributed by atoms with Gasteiger partial charge in [-0.05, 0) is 48.7 Å². The first-order valence-corrected chi connectivity index (χ1v) is 7.97. The van der Waals surface area contributed by atoms with Crippen molar-refractivity contribution in [1.82, 2.24) is 4.90 Å². The second-order valence-electron chi connectivity index (χ2n) is 5.80. The summed E-state index contributed by atoms with van der Waals surface area (Å²) in [6.45, 7) is 4.47. The molecule has 122 valence electrons. The van der Waals surface area contributed by atoms with Gasteiger partial charge >= 0.3 is 0 Å². The van der Waals surface area contributed by atoms with Crippen molar-refractivity contribution in [2.75, 3.05) is 26.8 Å². The van der Waals surface area contributed by atoms with E-state index in [4.69, 9.17) is 9.47 Å². The summed E-state index contributed by atoms with van der Waals surface area (Å²) in [5.41, 5.74) is 2.34. The van der Waals surface area contributed by atoms with Crippen molar-refractivity contribution in [2.45, 2.75) is 19.4 Å². The maximum atomic E-state index is 13.5. The van der Waals surface area contributed by atoms with Crippen molar-refractivity contribution in [1.29, 1.82) is 0 Å². The van der Waals surface area contributed by atoms with E-state index in [9.17, 15) is 4.39 Å². The fourth-order valence-electron chi connectivity index (χ4n) is 3.15. The number of benzene rings is 2. The van der Waals surface area contributed by atoms with E-state index in [0.29, 0.717) is 6.61 Å². The van der Waals surface area contributed by atoms with Crippen molar-refractivity contribution in [3.8, 4) is 11.5 Å². The van der Waals surface area contributed by atoms with Gasteiger partial charge in [-0.1, -0.05) is 18.2 Å². The molecule has 0 amide bonds. The molecule has 23 heavy (non-hydrogen) atoms. The first kappa shape index (κ1) is 15.8. The van der Waals surface area contributed by atoms with Gasteiger partial charge in [-0.25, -0.2) is 4.39 Å². The van der Waals surface area contributed by atoms with Gasteiger partial charge in [0.2, 0.25) is 0 Å². The molecule has 0 bridgehead atoms. The summed E-state index contributed by atoms with van der Waals surface area (Å²) in [6.07, 6.45) is 0.953. The molecule has 0 radical (unpaired) electrons. The molecule has 1 heterocycles. The van der Waals surface area contributed by atoms with Crippen molar-refractivity contribution in [3.63, 3.8) is 0 Å². The van der Waals surface area contributed by atoms with E-state index in [0.717, 1.165) is 36.6 Å². The zero-order chi connectivity index (χ0) is 16.2. The van der Waals surface area contributed by atoms with Gasteiger partial charge in [-0.2, -0.15) is 0 Å². The number of nitrogens with zero attached hydrogens (tertiary/aromatic N) is 1. The number of hydrogen-bond donors (Lipinski definition) is 0. The lowest BCUT2D eigenvalue weighted by Gasteiger charge is -2.35. The second-order valence-corrected chi connectivity index (χ2v) is 5.80. The van der Waals surface area contributed by atoms with Crippen LogP contribution in [0.5, 0.6) is 11.5 Å². The van der Waals surface area contributed by atoms with E-state index in [-0.39, 0.29) is 11.9 Å². The molecule has 3 nitrogen and oxygen atoms in total. The third-order valence-electron chi connectivity index (χ3n) is 4.48. The van der Waals surface area contributed by atoms with E-state index in [1.807, 2.05) is 30.3 Å². The number of rotatable bonds is 5. The Morgan fingerprint density at radius 3 is 2.74 bits per heavy atom. The summed E-state index contributed by atoms with van der Waals surface area (Å²) in [6, 6.07) is 13.0. The molecular formula is C19H22FNO2. The van der Waals surface area contributed by atoms with Gasteiger partial charge in [0.1, 0.15) is 12.4 Å². The average Bonchev–Trinajstić information content (AvgIpc) is 2.58. The maximum absolute atomic E-state index is 13.5. The Kier molecular flexibility index (Phi) is 4.82. The molecule has 0 saturated carbocycles. The van der Waals surface area contributed by atoms with Crippen LogP contribution in [0.25, 0.3) is 0 Å². The van der Waals surface area contributed by atoms with Crippen LogP contribution in [0.15, 0.2) is 42.5 Å². The lowest BCUT2D eigenvalue weighted by atomic mass is 9.93. The lowest BCUT2D eigenvalue weighted by molar-refractivity contribution is 0.157. The Bertz CT molecular complexity index is 674. The number of methoxy groups -OCH3 is 1. The van der Waals surface area contributed by atoms with E-state index in [1.54, 1.807) is 19.2 Å². The predicted molar refractivity (Wildman–Crippen MR) is 88.6 cm³/mol. The molecule has 2 aromatic rings. The summed E-state index contributed by atoms with van der Waals surface area (Å²) in [5.74, 6) is 1.33. The third kappa shape index (κ3) is 3.48. The van der Waals surface area contributed by atoms with Crippen LogP contribution in [0.3, 0.4) is 0 Å². The minimum atomic E-state index is -0.164. The van der Waals surface area contributed by atoms with Crippen LogP contribution in [-0.4, -0.2) is 31.7 Å². The molecule has 3 rings (SSSR count). The number of fused-ring (bicyclic) bond motifs is 1. The van der Waals surface area contributed by atoms with Crippen LogP contribution in [0.1, 0.15) is 24.1 Å². The van der Waals surface area contributed by atoms with Crippen molar-refractivity contribution in [2.24, 2.45) is 0 Å². The van der Waals surface area contributed by atoms with Crippen LogP contribution in [0.2, 0.25) is 0 Å². The maximum Gasteiger partial charge on any atom is 0.161 e. The van der Waals surface area contributed by atoms with E-state index >= 15 is 0 Å². The average molecular weight is 315 g/mol. The minimum absolute atomic E-state index is 0.164. The fourth-order valence-corrected chi connectivity index (χ4v) is 3.15. The first-order valence-electron chi connectivity index (χ1n) is 7.97. The first-order chi connectivity index (χ1) is 11.2. The summed E-state index contributed by atoms with van der Waals surface area (Å²) in [5, 5.41) is 0. The Morgan fingerprint density at radius 2 is 1.96 bits per heavy atom. The van der Waals surface area contributed by atoms with Crippen LogP contribution in [-0.2, 0) is 6.42 Å². The zero-order valence-corrected chi connectivity index (χ0v) is 13.6. The number of hydrogen-bond acceptors (Lipinski definition) is 3. The SMILES string of the molecule is COc1ccccc1OCCN1CCc2ccc(F)cc2C1C. The summed E-state index contributed by atoms with van der Waals surface area (Å²) < 4.78 is 24.6. The summed E-state index contributed by atoms with van der Waals surface area (Å²) >= 11 is 0. The van der Waals surface area contributed by atoms with Crippen molar-refractivity contribution >= 4 is 0 Å². The topological polar surface area (TPSA) is 21.7 Å². The lowest BCUT2D eigenvalue weighted by Crippen LogP contribution is -2.36. The number of halogens is 1. The van der Waals surface area contributed by atoms with Crippen LogP contribution < -0.4 is 9.47 Å². The molecule has 1 unspecified atom stereocenters. The Labute approximate surface area is 136 Å². The highest BCUT2D eigenvalue weighted by atomic mass is 19.1. The van der Waals surface area contributed by atoms with E-state index < -0.39 is 0 Å². The molecule has 0 fully saturated rings. The molecule has 1 aliphatic heterocycles. The standard InChI is InChI=1S/C19H22FNO2/c1-14-17-13-16(20)8-7-15(17)9-10-21(14)11-12-23-19-6-4-3-5-18(19)22-2/h3-8,13-14H,9-12H2,1-2H3. The summed E-state index contributed by atoms with van der Waals surface area (Å²) in [4.78, 5) is 2.33. The highest BCUT2D eigenvalue weighted by Crippen LogP contribution is 2.30. The van der Waals surface area contributed by atoms with Gasteiger partial charge in [0.05, 0.1) is 7.11 Å². The highest BCUT2D eigenvalue weighted by molar-refractivity contribution is 5.39. The fraction of sp³-hybridized carbons (Fsp3) is 0.368. The number of para-hydroxylation sites is 2. The van der Waals surface area contributed by atoms with Gasteiger partial charge in [-0.3, -0.25) is 4.90 Å². The largest absolute Gasteiger partial charge is 0.493 e. The third-order valence-corrected chi connectivity index (χ3v) is 4.48. The van der Waals surface area contributed by atoms with Crippen LogP contribution in [0, 0.1) is 5.82 Å². The molecule has 4 heteroatoms. The molecule has 0 N–H and O–H groups in total. The molecule has 0 saturated heterocycles. The van der Waals surface area contributed by atoms with Gasteiger partial charge in [0.15, 0.2) is 11.5 Å². The minimum Gasteiger partial charge on any atom is -0.493 e. The molecule has 0 aliphatic carbocycles. The van der Waals surface area contributed by atoms with Gasteiger partial charge in [0, 0.05) is 19.1 Å². The molecule has 2 aromatic carbocycles. The quantitative estimate of drug-likeness (QED) is 0.837. The normalized spacial score (nSPS) is 17.6. The van der Waals surface area contributed by atoms with E-state index in [2.05, 4.69) is 11.8 Å². The molecule has 1 atom stereocenters. The van der Waals surface area contributed by atoms with Crippen molar-refractivity contribution in [3.05, 3.63) is 59.4 Å². The van der Waals surface area contributed by atoms with Crippen LogP contribution in [0.4, 0.5) is 4.39 Å². The van der Waals surface area contributed by atoms with Gasteiger partial charge in [0.25, 0.3) is 0 Å². The smallest absolute Gasteiger partial charge is 0.161 e. The predicted octanol–water partition coefficient (Wildman–Crippen LogP) is 3.83. The molecule has 0 spiro atoms. The van der Waals surface area contributed by atoms with Crippen molar-refractivity contribution < 1.29 is 13.9 Å². The molecule has 1 aliphatic rings. The van der Waals surface area contributed by atoms with Crippen LogP contribution >= 0.6 is 0 Å². The summed E-state index contributed by atoms with van der Waals surface area (Å²) in [7, 11) is 1.64. The monoisotopic (exact) mass is 315 g/mol. The molecular weight excluding hydrogens is 293 g/mol. The Balaban J connectivity index is 1.61. The second kappa shape index (κ2) is 7.01. The Morgan fingerprint density at radius 1 is 1.17 bits per heavy atom. The number of ether oxygens (including phenoxy) is 2. The Hall–Kier alpha value is -2.07. The van der Waals surface area contributed by atoms with E-state index in [1.165, 1.54) is 5.56 Å². The zero-order valence-electron chi connectivity index (χ0n) is 13.6. The molecule has 0 aromatic heterocycles.